The smallest absolute Gasteiger partial charge is 0.407 e. The highest BCUT2D eigenvalue weighted by atomic mass is 35.5. The van der Waals surface area contributed by atoms with Crippen molar-refractivity contribution in [2.75, 3.05) is 11.9 Å². The number of ether oxygens (including phenoxy) is 1. The van der Waals surface area contributed by atoms with Crippen LogP contribution in [0.25, 0.3) is 27.8 Å². The summed E-state index contributed by atoms with van der Waals surface area (Å²) in [6, 6.07) is 18.5. The first-order valence-corrected chi connectivity index (χ1v) is 14.8. The van der Waals surface area contributed by atoms with Crippen LogP contribution in [0, 0.1) is 0 Å². The molecule has 0 radical (unpaired) electrons. The lowest BCUT2D eigenvalue weighted by Gasteiger charge is -2.30. The fourth-order valence-electron chi connectivity index (χ4n) is 5.32. The number of fused-ring (bicyclic) bond motifs is 1. The zero-order valence-corrected chi connectivity index (χ0v) is 24.9. The first kappa shape index (κ1) is 29.4. The Morgan fingerprint density at radius 1 is 1.05 bits per heavy atom. The van der Waals surface area contributed by atoms with E-state index in [1.54, 1.807) is 27.0 Å². The van der Waals surface area contributed by atoms with Gasteiger partial charge in [-0.1, -0.05) is 48.0 Å². The predicted octanol–water partition coefficient (Wildman–Crippen LogP) is 6.50. The summed E-state index contributed by atoms with van der Waals surface area (Å²) >= 11 is 6.66. The first-order chi connectivity index (χ1) is 20.2. The van der Waals surface area contributed by atoms with Gasteiger partial charge in [-0.2, -0.15) is 0 Å². The van der Waals surface area contributed by atoms with Crippen molar-refractivity contribution in [2.24, 2.45) is 0 Å². The third-order valence-electron chi connectivity index (χ3n) is 7.14. The highest BCUT2D eigenvalue weighted by Gasteiger charge is 2.25. The molecule has 4 aromatic rings. The fraction of sp³-hybridized carbons (Fsp3) is 0.375. The molecule has 220 valence electrons. The van der Waals surface area contributed by atoms with Gasteiger partial charge in [0.25, 0.3) is 0 Å². The van der Waals surface area contributed by atoms with E-state index in [1.165, 1.54) is 0 Å². The number of hydrogen-bond donors (Lipinski definition) is 3. The molecule has 9 nitrogen and oxygen atoms in total. The number of nitrogens with one attached hydrogen (secondary N) is 3. The molecule has 42 heavy (non-hydrogen) atoms. The van der Waals surface area contributed by atoms with E-state index in [2.05, 4.69) is 56.0 Å². The standard InChI is InChI=1S/C32H37ClN6O3/c1-32(2,3)42-31(41)34-17-16-28(40)36-21-10-9-11-22(18-21)37-30-35-19-26(33)29(38-30)25-20-39(23-12-5-4-6-13-23)27-15-8-7-14-24(25)27/h4-8,12-15,19-22H,9-11,16-18H2,1-3H3,(H,34,41)(H,36,40)(H,35,37,38)/t21-,22+/m0/s1. The molecule has 2 heterocycles. The Morgan fingerprint density at radius 3 is 2.57 bits per heavy atom. The van der Waals surface area contributed by atoms with E-state index >= 15 is 0 Å². The second kappa shape index (κ2) is 12.8. The van der Waals surface area contributed by atoms with Gasteiger partial charge in [0.15, 0.2) is 0 Å². The summed E-state index contributed by atoms with van der Waals surface area (Å²) in [5.74, 6) is 0.404. The van der Waals surface area contributed by atoms with Gasteiger partial charge in [-0.15, -0.1) is 0 Å². The summed E-state index contributed by atoms with van der Waals surface area (Å²) in [5, 5.41) is 10.7. The third-order valence-corrected chi connectivity index (χ3v) is 7.41. The highest BCUT2D eigenvalue weighted by molar-refractivity contribution is 6.33. The van der Waals surface area contributed by atoms with Crippen molar-refractivity contribution in [3.8, 4) is 16.9 Å². The van der Waals surface area contributed by atoms with E-state index in [-0.39, 0.29) is 31.0 Å². The van der Waals surface area contributed by atoms with Gasteiger partial charge in [0.1, 0.15) is 5.60 Å². The van der Waals surface area contributed by atoms with Crippen LogP contribution in [0.2, 0.25) is 5.02 Å². The molecule has 2 aromatic heterocycles. The number of carbonyl (C=O) groups is 2. The minimum atomic E-state index is -0.577. The molecule has 1 aliphatic carbocycles. The molecule has 1 saturated carbocycles. The van der Waals surface area contributed by atoms with E-state index in [1.807, 2.05) is 30.3 Å². The molecule has 1 aliphatic rings. The quantitative estimate of drug-likeness (QED) is 0.217. The SMILES string of the molecule is CC(C)(C)OC(=O)NCCC(=O)N[C@H]1CCC[C@@H](Nc2ncc(Cl)c(-c3cn(-c4ccccc4)c4ccccc34)n2)C1. The predicted molar refractivity (Wildman–Crippen MR) is 166 cm³/mol. The van der Waals surface area contributed by atoms with Gasteiger partial charge in [-0.05, 0) is 64.7 Å². The Bertz CT molecular complexity index is 1550. The van der Waals surface area contributed by atoms with Crippen molar-refractivity contribution in [2.45, 2.75) is 70.6 Å². The zero-order valence-electron chi connectivity index (χ0n) is 24.2. The molecule has 2 atom stereocenters. The Morgan fingerprint density at radius 2 is 1.79 bits per heavy atom. The second-order valence-corrected chi connectivity index (χ2v) is 12.0. The number of hydrogen-bond acceptors (Lipinski definition) is 6. The maximum Gasteiger partial charge on any atom is 0.407 e. The van der Waals surface area contributed by atoms with Crippen LogP contribution in [0.4, 0.5) is 10.7 Å². The average Bonchev–Trinajstić information content (AvgIpc) is 3.33. The lowest BCUT2D eigenvalue weighted by molar-refractivity contribution is -0.121. The molecule has 3 N–H and O–H groups in total. The van der Waals surface area contributed by atoms with E-state index in [0.29, 0.717) is 16.7 Å². The number of aromatic nitrogens is 3. The van der Waals surface area contributed by atoms with Gasteiger partial charge in [0.2, 0.25) is 11.9 Å². The molecule has 2 aromatic carbocycles. The minimum Gasteiger partial charge on any atom is -0.444 e. The number of carbonyl (C=O) groups excluding carboxylic acids is 2. The van der Waals surface area contributed by atoms with Crippen LogP contribution in [0.3, 0.4) is 0 Å². The minimum absolute atomic E-state index is 0.0286. The lowest BCUT2D eigenvalue weighted by atomic mass is 9.91. The largest absolute Gasteiger partial charge is 0.444 e. The molecular formula is C32H37ClN6O3. The number of halogens is 1. The molecule has 0 unspecified atom stereocenters. The molecular weight excluding hydrogens is 552 g/mol. The number of amides is 2. The van der Waals surface area contributed by atoms with E-state index in [0.717, 1.165) is 47.8 Å². The number of nitrogens with zero attached hydrogens (tertiary/aromatic N) is 3. The van der Waals surface area contributed by atoms with Crippen molar-refractivity contribution < 1.29 is 14.3 Å². The number of para-hydroxylation sites is 2. The normalized spacial score (nSPS) is 17.0. The lowest BCUT2D eigenvalue weighted by Crippen LogP contribution is -2.43. The number of alkyl carbamates (subject to hydrolysis) is 1. The summed E-state index contributed by atoms with van der Waals surface area (Å²) in [6.45, 7) is 5.62. The topological polar surface area (TPSA) is 110 Å². The fourth-order valence-corrected chi connectivity index (χ4v) is 5.52. The number of benzene rings is 2. The van der Waals surface area contributed by atoms with Crippen molar-refractivity contribution in [1.29, 1.82) is 0 Å². The molecule has 2 amide bonds. The van der Waals surface area contributed by atoms with Crippen LogP contribution in [0.1, 0.15) is 52.9 Å². The maximum atomic E-state index is 12.5. The number of rotatable bonds is 8. The summed E-state index contributed by atoms with van der Waals surface area (Å²) < 4.78 is 7.36. The monoisotopic (exact) mass is 588 g/mol. The van der Waals surface area contributed by atoms with E-state index in [4.69, 9.17) is 21.3 Å². The molecule has 0 bridgehead atoms. The van der Waals surface area contributed by atoms with Gasteiger partial charge >= 0.3 is 6.09 Å². The van der Waals surface area contributed by atoms with Crippen LogP contribution >= 0.6 is 11.6 Å². The Kier molecular flexibility index (Phi) is 8.97. The number of anilines is 1. The maximum absolute atomic E-state index is 12.5. The third kappa shape index (κ3) is 7.39. The highest BCUT2D eigenvalue weighted by Crippen LogP contribution is 2.35. The molecule has 10 heteroatoms. The van der Waals surface area contributed by atoms with Crippen LogP contribution < -0.4 is 16.0 Å². The van der Waals surface area contributed by atoms with E-state index in [9.17, 15) is 9.59 Å². The van der Waals surface area contributed by atoms with Crippen LogP contribution in [-0.4, -0.2) is 50.8 Å². The second-order valence-electron chi connectivity index (χ2n) is 11.6. The van der Waals surface area contributed by atoms with Crippen molar-refractivity contribution >= 4 is 40.5 Å². The summed E-state index contributed by atoms with van der Waals surface area (Å²) in [7, 11) is 0. The van der Waals surface area contributed by atoms with Crippen molar-refractivity contribution in [3.63, 3.8) is 0 Å². The summed E-state index contributed by atoms with van der Waals surface area (Å²) in [6.07, 6.45) is 6.93. The van der Waals surface area contributed by atoms with Crippen molar-refractivity contribution in [3.05, 3.63) is 72.0 Å². The van der Waals surface area contributed by atoms with Gasteiger partial charge in [-0.25, -0.2) is 14.8 Å². The zero-order chi connectivity index (χ0) is 29.7. The molecule has 5 rings (SSSR count). The Labute approximate surface area is 251 Å². The molecule has 1 fully saturated rings. The van der Waals surface area contributed by atoms with Gasteiger partial charge < -0.3 is 25.3 Å². The molecule has 0 saturated heterocycles. The first-order valence-electron chi connectivity index (χ1n) is 14.4. The van der Waals surface area contributed by atoms with Gasteiger partial charge in [0.05, 0.1) is 22.4 Å². The van der Waals surface area contributed by atoms with E-state index < -0.39 is 11.7 Å². The Balaban J connectivity index is 1.24. The average molecular weight is 589 g/mol. The van der Waals surface area contributed by atoms with Crippen LogP contribution in [0.5, 0.6) is 0 Å². The van der Waals surface area contributed by atoms with Crippen LogP contribution in [0.15, 0.2) is 67.0 Å². The van der Waals surface area contributed by atoms with Crippen LogP contribution in [-0.2, 0) is 9.53 Å². The van der Waals surface area contributed by atoms with Gasteiger partial charge in [0, 0.05) is 47.9 Å². The van der Waals surface area contributed by atoms with Crippen molar-refractivity contribution in [1.82, 2.24) is 25.2 Å². The van der Waals surface area contributed by atoms with Gasteiger partial charge in [-0.3, -0.25) is 4.79 Å². The summed E-state index contributed by atoms with van der Waals surface area (Å²) in [5.41, 5.74) is 3.14. The molecule has 0 aliphatic heterocycles. The molecule has 0 spiro atoms. The Hall–Kier alpha value is -4.11. The summed E-state index contributed by atoms with van der Waals surface area (Å²) in [4.78, 5) is 33.7.